The lowest BCUT2D eigenvalue weighted by molar-refractivity contribution is 0.317. The molecule has 1 nitrogen and oxygen atoms in total. The summed E-state index contributed by atoms with van der Waals surface area (Å²) >= 11 is 3.53. The molecule has 0 heterocycles. The second-order valence-corrected chi connectivity index (χ2v) is 4.01. The summed E-state index contributed by atoms with van der Waals surface area (Å²) in [7, 11) is 0. The first kappa shape index (κ1) is 10.6. The molecule has 0 saturated heterocycles. The highest BCUT2D eigenvalue weighted by Crippen LogP contribution is 2.26. The van der Waals surface area contributed by atoms with Crippen molar-refractivity contribution in [2.75, 3.05) is 6.61 Å². The van der Waals surface area contributed by atoms with E-state index in [1.807, 2.05) is 0 Å². The van der Waals surface area contributed by atoms with E-state index in [0.29, 0.717) is 0 Å². The predicted molar refractivity (Wildman–Crippen MR) is 59.4 cm³/mol. The summed E-state index contributed by atoms with van der Waals surface area (Å²) in [5.41, 5.74) is 2.46. The SMILES string of the molecule is CCCOc1cc(C)c(Br)c(C)c1. The van der Waals surface area contributed by atoms with Crippen LogP contribution in [0.25, 0.3) is 0 Å². The summed E-state index contributed by atoms with van der Waals surface area (Å²) in [6.07, 6.45) is 1.05. The number of ether oxygens (including phenoxy) is 1. The Hall–Kier alpha value is -0.500. The third kappa shape index (κ3) is 2.73. The molecule has 0 atom stereocenters. The largest absolute Gasteiger partial charge is 0.494 e. The van der Waals surface area contributed by atoms with Gasteiger partial charge in [-0.15, -0.1) is 0 Å². The van der Waals surface area contributed by atoms with Crippen molar-refractivity contribution in [2.24, 2.45) is 0 Å². The minimum absolute atomic E-state index is 0.792. The van der Waals surface area contributed by atoms with Crippen molar-refractivity contribution in [3.8, 4) is 5.75 Å². The Labute approximate surface area is 88.2 Å². The quantitative estimate of drug-likeness (QED) is 0.783. The van der Waals surface area contributed by atoms with Gasteiger partial charge in [-0.3, -0.25) is 0 Å². The van der Waals surface area contributed by atoms with E-state index in [1.165, 1.54) is 15.6 Å². The number of rotatable bonds is 3. The predicted octanol–water partition coefficient (Wildman–Crippen LogP) is 3.85. The molecule has 13 heavy (non-hydrogen) atoms. The maximum absolute atomic E-state index is 5.55. The van der Waals surface area contributed by atoms with Gasteiger partial charge >= 0.3 is 0 Å². The summed E-state index contributed by atoms with van der Waals surface area (Å²) < 4.78 is 6.73. The first-order valence-corrected chi connectivity index (χ1v) is 5.34. The number of benzene rings is 1. The lowest BCUT2D eigenvalue weighted by Gasteiger charge is -2.08. The molecule has 0 aliphatic heterocycles. The van der Waals surface area contributed by atoms with Crippen molar-refractivity contribution in [3.63, 3.8) is 0 Å². The van der Waals surface area contributed by atoms with Gasteiger partial charge in [0.15, 0.2) is 0 Å². The topological polar surface area (TPSA) is 9.23 Å². The summed E-state index contributed by atoms with van der Waals surface area (Å²) in [6.45, 7) is 7.06. The summed E-state index contributed by atoms with van der Waals surface area (Å²) in [4.78, 5) is 0. The van der Waals surface area contributed by atoms with Crippen LogP contribution in [0.5, 0.6) is 5.75 Å². The highest BCUT2D eigenvalue weighted by atomic mass is 79.9. The van der Waals surface area contributed by atoms with Crippen LogP contribution in [0.3, 0.4) is 0 Å². The smallest absolute Gasteiger partial charge is 0.119 e. The van der Waals surface area contributed by atoms with Gasteiger partial charge in [0.1, 0.15) is 5.75 Å². The van der Waals surface area contributed by atoms with Crippen LogP contribution in [-0.2, 0) is 0 Å². The Balaban J connectivity index is 2.86. The van der Waals surface area contributed by atoms with E-state index in [4.69, 9.17) is 4.74 Å². The molecule has 0 fully saturated rings. The van der Waals surface area contributed by atoms with Crippen molar-refractivity contribution >= 4 is 15.9 Å². The molecule has 0 amide bonds. The second kappa shape index (κ2) is 4.66. The molecule has 1 aromatic carbocycles. The van der Waals surface area contributed by atoms with E-state index >= 15 is 0 Å². The van der Waals surface area contributed by atoms with Gasteiger partial charge in [0.25, 0.3) is 0 Å². The summed E-state index contributed by atoms with van der Waals surface area (Å²) in [5.74, 6) is 0.972. The van der Waals surface area contributed by atoms with Crippen molar-refractivity contribution in [1.29, 1.82) is 0 Å². The second-order valence-electron chi connectivity index (χ2n) is 3.22. The third-order valence-electron chi connectivity index (χ3n) is 1.88. The van der Waals surface area contributed by atoms with Gasteiger partial charge < -0.3 is 4.74 Å². The molecular weight excluding hydrogens is 228 g/mol. The molecule has 72 valence electrons. The molecule has 0 N–H and O–H groups in total. The van der Waals surface area contributed by atoms with Crippen LogP contribution in [0, 0.1) is 13.8 Å². The lowest BCUT2D eigenvalue weighted by atomic mass is 10.1. The molecule has 2 heteroatoms. The van der Waals surface area contributed by atoms with Gasteiger partial charge in [-0.25, -0.2) is 0 Å². The van der Waals surface area contributed by atoms with Gasteiger partial charge in [0.2, 0.25) is 0 Å². The molecule has 1 aromatic rings. The first-order valence-electron chi connectivity index (χ1n) is 4.54. The Morgan fingerprint density at radius 2 is 1.77 bits per heavy atom. The molecule has 0 bridgehead atoms. The van der Waals surface area contributed by atoms with Crippen LogP contribution < -0.4 is 4.74 Å². The zero-order valence-corrected chi connectivity index (χ0v) is 9.94. The third-order valence-corrected chi connectivity index (χ3v) is 3.13. The van der Waals surface area contributed by atoms with Gasteiger partial charge in [0, 0.05) is 4.47 Å². The molecule has 0 aliphatic carbocycles. The fraction of sp³-hybridized carbons (Fsp3) is 0.455. The highest BCUT2D eigenvalue weighted by molar-refractivity contribution is 9.10. The van der Waals surface area contributed by atoms with Crippen LogP contribution >= 0.6 is 15.9 Å². The average molecular weight is 243 g/mol. The first-order chi connectivity index (χ1) is 6.15. The number of hydrogen-bond acceptors (Lipinski definition) is 1. The van der Waals surface area contributed by atoms with Crippen LogP contribution in [0.15, 0.2) is 16.6 Å². The standard InChI is InChI=1S/C11H15BrO/c1-4-5-13-10-6-8(2)11(12)9(3)7-10/h6-7H,4-5H2,1-3H3. The van der Waals surface area contributed by atoms with Crippen molar-refractivity contribution in [2.45, 2.75) is 27.2 Å². The van der Waals surface area contributed by atoms with Crippen molar-refractivity contribution < 1.29 is 4.74 Å². The van der Waals surface area contributed by atoms with E-state index in [-0.39, 0.29) is 0 Å². The minimum Gasteiger partial charge on any atom is -0.494 e. The van der Waals surface area contributed by atoms with Crippen LogP contribution in [0.2, 0.25) is 0 Å². The maximum atomic E-state index is 5.55. The molecule has 0 spiro atoms. The molecular formula is C11H15BrO. The Morgan fingerprint density at radius 3 is 2.23 bits per heavy atom. The van der Waals surface area contributed by atoms with Crippen molar-refractivity contribution in [3.05, 3.63) is 27.7 Å². The highest BCUT2D eigenvalue weighted by Gasteiger charge is 2.02. The molecule has 1 rings (SSSR count). The van der Waals surface area contributed by atoms with E-state index < -0.39 is 0 Å². The van der Waals surface area contributed by atoms with Crippen LogP contribution in [0.4, 0.5) is 0 Å². The average Bonchev–Trinajstić information content (AvgIpc) is 2.10. The zero-order valence-electron chi connectivity index (χ0n) is 8.36. The van der Waals surface area contributed by atoms with E-state index in [9.17, 15) is 0 Å². The normalized spacial score (nSPS) is 10.2. The molecule has 0 radical (unpaired) electrons. The monoisotopic (exact) mass is 242 g/mol. The number of aryl methyl sites for hydroxylation is 2. The minimum atomic E-state index is 0.792. The van der Waals surface area contributed by atoms with E-state index in [1.54, 1.807) is 0 Å². The Morgan fingerprint density at radius 1 is 1.23 bits per heavy atom. The number of hydrogen-bond donors (Lipinski definition) is 0. The number of halogens is 1. The molecule has 0 unspecified atom stereocenters. The Kier molecular flexibility index (Phi) is 3.79. The fourth-order valence-electron chi connectivity index (χ4n) is 1.21. The van der Waals surface area contributed by atoms with Gasteiger partial charge in [-0.1, -0.05) is 22.9 Å². The molecule has 0 saturated carbocycles. The van der Waals surface area contributed by atoms with Crippen LogP contribution in [0.1, 0.15) is 24.5 Å². The fourth-order valence-corrected chi connectivity index (χ4v) is 1.44. The van der Waals surface area contributed by atoms with Gasteiger partial charge in [-0.2, -0.15) is 0 Å². The van der Waals surface area contributed by atoms with Gasteiger partial charge in [0.05, 0.1) is 6.61 Å². The summed E-state index contributed by atoms with van der Waals surface area (Å²) in [5, 5.41) is 0. The van der Waals surface area contributed by atoms with Gasteiger partial charge in [-0.05, 0) is 43.5 Å². The summed E-state index contributed by atoms with van der Waals surface area (Å²) in [6, 6.07) is 4.12. The molecule has 0 aromatic heterocycles. The van der Waals surface area contributed by atoms with Crippen LogP contribution in [-0.4, -0.2) is 6.61 Å². The van der Waals surface area contributed by atoms with E-state index in [0.717, 1.165) is 18.8 Å². The molecule has 0 aliphatic rings. The van der Waals surface area contributed by atoms with Crippen molar-refractivity contribution in [1.82, 2.24) is 0 Å². The van der Waals surface area contributed by atoms with E-state index in [2.05, 4.69) is 48.8 Å². The zero-order chi connectivity index (χ0) is 9.84. The maximum Gasteiger partial charge on any atom is 0.119 e. The Bertz CT molecular complexity index is 271. The lowest BCUT2D eigenvalue weighted by Crippen LogP contribution is -1.96.